The molecule has 0 aliphatic heterocycles. The minimum absolute atomic E-state index is 0.00121. The van der Waals surface area contributed by atoms with Crippen molar-refractivity contribution in [3.8, 4) is 44.5 Å². The van der Waals surface area contributed by atoms with Crippen molar-refractivity contribution in [1.82, 2.24) is 0 Å². The molecule has 15 rings (SSSR count). The SMILES string of the molecule is CC(C)(C)c1cc(-c2cccc3cccc(-c4ccccc4N(c4ccc5c(c4)C(C)(c4ccccc4)c4ccccc4-5)c4ccc5c(c4)C4(c6ccccc6-5)C5CC6CC7CC4C675)c23)cc(C(C)(C)C)c1. The minimum Gasteiger partial charge on any atom is -0.310 e. The third kappa shape index (κ3) is 5.30. The van der Waals surface area contributed by atoms with Gasteiger partial charge in [0.05, 0.1) is 5.69 Å². The number of para-hydroxylation sites is 1. The summed E-state index contributed by atoms with van der Waals surface area (Å²) in [5.74, 6) is 3.41. The molecule has 6 aliphatic rings. The molecule has 4 fully saturated rings. The monoisotopic (exact) mass is 929 g/mol. The molecule has 0 aromatic heterocycles. The van der Waals surface area contributed by atoms with E-state index in [0.717, 1.165) is 23.7 Å². The lowest BCUT2D eigenvalue weighted by Crippen LogP contribution is -2.88. The smallest absolute Gasteiger partial charge is 0.0540 e. The molecule has 1 heteroatoms. The first-order chi connectivity index (χ1) is 34.8. The normalized spacial score (nSPS) is 25.4. The lowest BCUT2D eigenvalue weighted by molar-refractivity contribution is -0.412. The third-order valence-corrected chi connectivity index (χ3v) is 19.9. The molecule has 2 spiro atoms. The highest BCUT2D eigenvalue weighted by atomic mass is 15.1. The zero-order valence-corrected chi connectivity index (χ0v) is 42.9. The lowest BCUT2D eigenvalue weighted by atomic mass is 9.11. The van der Waals surface area contributed by atoms with Gasteiger partial charge in [-0.2, -0.15) is 0 Å². The summed E-state index contributed by atoms with van der Waals surface area (Å²) in [6.07, 6.45) is 4.25. The number of hydrogen-bond donors (Lipinski definition) is 0. The summed E-state index contributed by atoms with van der Waals surface area (Å²) in [6.45, 7) is 16.5. The molecule has 0 radical (unpaired) electrons. The van der Waals surface area contributed by atoms with E-state index < -0.39 is 0 Å². The van der Waals surface area contributed by atoms with E-state index in [1.54, 1.807) is 11.1 Å². The second-order valence-corrected chi connectivity index (χ2v) is 25.0. The third-order valence-electron chi connectivity index (χ3n) is 19.9. The van der Waals surface area contributed by atoms with Gasteiger partial charge in [0.1, 0.15) is 0 Å². The molecule has 0 saturated heterocycles. The van der Waals surface area contributed by atoms with Gasteiger partial charge >= 0.3 is 0 Å². The van der Waals surface area contributed by atoms with E-state index in [1.165, 1.54) is 119 Å². The molecule has 72 heavy (non-hydrogen) atoms. The Hall–Kier alpha value is -6.96. The molecule has 9 aromatic carbocycles. The van der Waals surface area contributed by atoms with E-state index >= 15 is 0 Å². The number of nitrogens with zero attached hydrogens (tertiary/aromatic N) is 1. The molecule has 5 unspecified atom stereocenters. The van der Waals surface area contributed by atoms with Gasteiger partial charge < -0.3 is 4.90 Å². The highest BCUT2D eigenvalue weighted by Crippen LogP contribution is 2.95. The van der Waals surface area contributed by atoms with Crippen molar-refractivity contribution >= 4 is 27.8 Å². The van der Waals surface area contributed by atoms with E-state index in [4.69, 9.17) is 0 Å². The van der Waals surface area contributed by atoms with Crippen LogP contribution < -0.4 is 4.90 Å². The average Bonchev–Trinajstić information content (AvgIpc) is 3.81. The van der Waals surface area contributed by atoms with Gasteiger partial charge in [-0.1, -0.05) is 205 Å². The Balaban J connectivity index is 0.975. The summed E-state index contributed by atoms with van der Waals surface area (Å²) in [5.41, 5.74) is 24.6. The first-order valence-electron chi connectivity index (χ1n) is 26.9. The van der Waals surface area contributed by atoms with Gasteiger partial charge in [0.15, 0.2) is 0 Å². The van der Waals surface area contributed by atoms with Crippen LogP contribution in [0.25, 0.3) is 55.3 Å². The summed E-state index contributed by atoms with van der Waals surface area (Å²) >= 11 is 0. The van der Waals surface area contributed by atoms with Gasteiger partial charge in [0.2, 0.25) is 0 Å². The molecule has 0 N–H and O–H groups in total. The van der Waals surface area contributed by atoms with Crippen molar-refractivity contribution in [3.63, 3.8) is 0 Å². The van der Waals surface area contributed by atoms with Crippen LogP contribution in [0.3, 0.4) is 0 Å². The maximum Gasteiger partial charge on any atom is 0.0540 e. The fourth-order valence-corrected chi connectivity index (χ4v) is 16.6. The minimum atomic E-state index is -0.333. The fourth-order valence-electron chi connectivity index (χ4n) is 16.6. The Bertz CT molecular complexity index is 3700. The van der Waals surface area contributed by atoms with Crippen LogP contribution in [0.4, 0.5) is 17.1 Å². The van der Waals surface area contributed by atoms with E-state index in [-0.39, 0.29) is 21.7 Å². The molecule has 6 aliphatic carbocycles. The van der Waals surface area contributed by atoms with Gasteiger partial charge in [-0.25, -0.2) is 0 Å². The van der Waals surface area contributed by atoms with Crippen LogP contribution in [-0.2, 0) is 21.7 Å². The van der Waals surface area contributed by atoms with Crippen LogP contribution in [0, 0.1) is 29.1 Å². The van der Waals surface area contributed by atoms with Crippen LogP contribution in [-0.4, -0.2) is 0 Å². The standard InChI is InChI=1S/C71H63N/c1-67(2,3)46-35-44(36-47(37-46)68(4,5)6)52-26-17-19-43-20-18-27-58(66(43)52)57-25-13-16-30-63(57)72(50-31-33-55-53-23-11-14-28-59(53)69(7,61(55)41-50)45-21-9-8-10-22-45)51-32-34-56-54-24-12-15-29-60(54)71(62(56)42-51)64-39-48-38-49-40-65(71)70(48,49)64/h8-37,41-42,48-49,64-65H,38-40H2,1-7H3. The van der Waals surface area contributed by atoms with Crippen molar-refractivity contribution < 1.29 is 0 Å². The molecule has 0 bridgehead atoms. The van der Waals surface area contributed by atoms with Crippen LogP contribution in [0.15, 0.2) is 194 Å². The molecule has 4 saturated carbocycles. The van der Waals surface area contributed by atoms with Crippen LogP contribution in [0.5, 0.6) is 0 Å². The quantitative estimate of drug-likeness (QED) is 0.161. The predicted octanol–water partition coefficient (Wildman–Crippen LogP) is 18.5. The Morgan fingerprint density at radius 2 is 0.931 bits per heavy atom. The first-order valence-corrected chi connectivity index (χ1v) is 26.9. The Labute approximate surface area is 426 Å². The summed E-state index contributed by atoms with van der Waals surface area (Å²) in [5, 5.41) is 2.55. The lowest BCUT2D eigenvalue weighted by Gasteiger charge is -2.92. The zero-order valence-electron chi connectivity index (χ0n) is 42.9. The van der Waals surface area contributed by atoms with Crippen molar-refractivity contribution in [1.29, 1.82) is 0 Å². The number of hydrogen-bond acceptors (Lipinski definition) is 1. The summed E-state index contributed by atoms with van der Waals surface area (Å²) < 4.78 is 0. The molecule has 9 aromatic rings. The van der Waals surface area contributed by atoms with E-state index in [2.05, 4.69) is 247 Å². The van der Waals surface area contributed by atoms with Crippen molar-refractivity contribution in [2.75, 3.05) is 4.90 Å². The highest BCUT2D eigenvalue weighted by molar-refractivity contribution is 6.09. The molecule has 5 atom stereocenters. The zero-order chi connectivity index (χ0) is 48.7. The van der Waals surface area contributed by atoms with Crippen LogP contribution >= 0.6 is 0 Å². The van der Waals surface area contributed by atoms with Crippen LogP contribution in [0.2, 0.25) is 0 Å². The van der Waals surface area contributed by atoms with E-state index in [9.17, 15) is 0 Å². The van der Waals surface area contributed by atoms with Gasteiger partial charge in [-0.3, -0.25) is 0 Å². The molecule has 0 amide bonds. The summed E-state index contributed by atoms with van der Waals surface area (Å²) in [6, 6.07) is 75.5. The van der Waals surface area contributed by atoms with E-state index in [0.29, 0.717) is 5.41 Å². The molecule has 1 nitrogen and oxygen atoms in total. The number of benzene rings is 9. The molecular formula is C71H63N. The Morgan fingerprint density at radius 3 is 1.57 bits per heavy atom. The maximum atomic E-state index is 2.68. The van der Waals surface area contributed by atoms with E-state index in [1.807, 2.05) is 0 Å². The molecule has 352 valence electrons. The molecule has 0 heterocycles. The summed E-state index contributed by atoms with van der Waals surface area (Å²) in [7, 11) is 0. The Morgan fingerprint density at radius 1 is 0.417 bits per heavy atom. The van der Waals surface area contributed by atoms with Crippen molar-refractivity contribution in [2.45, 2.75) is 89.4 Å². The topological polar surface area (TPSA) is 3.24 Å². The molecular weight excluding hydrogens is 867 g/mol. The predicted molar refractivity (Wildman–Crippen MR) is 301 cm³/mol. The fraction of sp³-hybridized carbons (Fsp3) is 0.268. The maximum absolute atomic E-state index is 2.68. The average molecular weight is 930 g/mol. The van der Waals surface area contributed by atoms with Gasteiger partial charge in [-0.15, -0.1) is 0 Å². The van der Waals surface area contributed by atoms with Gasteiger partial charge in [0, 0.05) is 27.8 Å². The Kier molecular flexibility index (Phi) is 8.53. The van der Waals surface area contributed by atoms with Crippen molar-refractivity contribution in [2.24, 2.45) is 29.1 Å². The highest BCUT2D eigenvalue weighted by Gasteiger charge is 2.90. The van der Waals surface area contributed by atoms with Crippen LogP contribution in [0.1, 0.15) is 107 Å². The van der Waals surface area contributed by atoms with Crippen molar-refractivity contribution in [3.05, 3.63) is 233 Å². The van der Waals surface area contributed by atoms with Gasteiger partial charge in [-0.05, 0) is 185 Å². The van der Waals surface area contributed by atoms with Gasteiger partial charge in [0.25, 0.3) is 0 Å². The number of fused-ring (bicyclic) bond motifs is 11. The largest absolute Gasteiger partial charge is 0.310 e. The summed E-state index contributed by atoms with van der Waals surface area (Å²) in [4.78, 5) is 2.64. The second kappa shape index (κ2) is 14.4. The first kappa shape index (κ1) is 42.7. The second-order valence-electron chi connectivity index (χ2n) is 25.0. The number of rotatable bonds is 6. The number of anilines is 3.